The summed E-state index contributed by atoms with van der Waals surface area (Å²) in [6.07, 6.45) is -4.84. The Balaban J connectivity index is 2.24. The summed E-state index contributed by atoms with van der Waals surface area (Å²) in [6.45, 7) is 0. The molecule has 0 radical (unpaired) electrons. The fourth-order valence-electron chi connectivity index (χ4n) is 1.48. The molecule has 0 aliphatic carbocycles. The van der Waals surface area contributed by atoms with Crippen molar-refractivity contribution in [2.45, 2.75) is 6.36 Å². The number of benzene rings is 1. The fourth-order valence-corrected chi connectivity index (χ4v) is 1.48. The number of nitrogens with one attached hydrogen (secondary N) is 1. The zero-order chi connectivity index (χ0) is 15.6. The molecular weight excluding hydrogens is 297 g/mol. The van der Waals surface area contributed by atoms with E-state index in [2.05, 4.69) is 15.0 Å². The number of pyridine rings is 1. The maximum Gasteiger partial charge on any atom is 0.573 e. The van der Waals surface area contributed by atoms with Gasteiger partial charge in [0.1, 0.15) is 5.75 Å². The van der Waals surface area contributed by atoms with Crippen LogP contribution in [-0.4, -0.2) is 11.3 Å². The molecule has 0 aliphatic heterocycles. The van der Waals surface area contributed by atoms with Gasteiger partial charge >= 0.3 is 6.36 Å². The van der Waals surface area contributed by atoms with Crippen molar-refractivity contribution in [3.05, 3.63) is 42.0 Å². The third-order valence-electron chi connectivity index (χ3n) is 2.29. The number of nitrogen functional groups attached to an aromatic ring is 1. The first kappa shape index (κ1) is 14.8. The molecule has 0 unspecified atom stereocenters. The van der Waals surface area contributed by atoms with Gasteiger partial charge in [0, 0.05) is 17.8 Å². The van der Waals surface area contributed by atoms with Gasteiger partial charge in [0.05, 0.1) is 0 Å². The Bertz CT molecular complexity index is 660. The zero-order valence-corrected chi connectivity index (χ0v) is 10.2. The summed E-state index contributed by atoms with van der Waals surface area (Å²) in [4.78, 5) is 3.43. The molecule has 9 heteroatoms. The largest absolute Gasteiger partial charge is 0.573 e. The number of hydrogen-bond donors (Lipinski definition) is 2. The minimum absolute atomic E-state index is 0.0640. The van der Waals surface area contributed by atoms with Crippen LogP contribution in [0, 0.1) is 11.6 Å². The first-order chi connectivity index (χ1) is 9.74. The lowest BCUT2D eigenvalue weighted by Crippen LogP contribution is -2.17. The Hall–Kier alpha value is -2.58. The lowest BCUT2D eigenvalue weighted by atomic mass is 10.3. The Kier molecular flexibility index (Phi) is 3.83. The van der Waals surface area contributed by atoms with Crippen molar-refractivity contribution in [2.75, 3.05) is 11.1 Å². The molecule has 2 rings (SSSR count). The number of ether oxygens (including phenoxy) is 1. The lowest BCUT2D eigenvalue weighted by Gasteiger charge is -2.11. The van der Waals surface area contributed by atoms with Crippen LogP contribution in [0.2, 0.25) is 0 Å². The number of aromatic nitrogens is 1. The Morgan fingerprint density at radius 1 is 1.10 bits per heavy atom. The molecule has 0 saturated heterocycles. The molecule has 0 amide bonds. The van der Waals surface area contributed by atoms with Gasteiger partial charge in [-0.15, -0.1) is 13.2 Å². The molecule has 21 heavy (non-hydrogen) atoms. The molecule has 4 nitrogen and oxygen atoms in total. The summed E-state index contributed by atoms with van der Waals surface area (Å²) in [5, 5.41) is 2.39. The van der Waals surface area contributed by atoms with Gasteiger partial charge in [-0.3, -0.25) is 0 Å². The van der Waals surface area contributed by atoms with E-state index in [0.717, 1.165) is 12.1 Å². The van der Waals surface area contributed by atoms with Gasteiger partial charge in [-0.1, -0.05) is 6.07 Å². The summed E-state index contributed by atoms with van der Waals surface area (Å²) in [7, 11) is 0. The third-order valence-corrected chi connectivity index (χ3v) is 2.29. The first-order valence-corrected chi connectivity index (χ1v) is 5.49. The Morgan fingerprint density at radius 3 is 2.48 bits per heavy atom. The minimum Gasteiger partial charge on any atom is -0.406 e. The number of anilines is 3. The second kappa shape index (κ2) is 5.43. The number of hydrogen-bond acceptors (Lipinski definition) is 4. The number of alkyl halides is 3. The summed E-state index contributed by atoms with van der Waals surface area (Å²) in [6, 6.07) is 5.18. The number of rotatable bonds is 3. The van der Waals surface area contributed by atoms with E-state index in [4.69, 9.17) is 5.73 Å². The van der Waals surface area contributed by atoms with Crippen LogP contribution in [0.1, 0.15) is 0 Å². The topological polar surface area (TPSA) is 60.2 Å². The van der Waals surface area contributed by atoms with Crippen LogP contribution in [0.3, 0.4) is 0 Å². The van der Waals surface area contributed by atoms with E-state index < -0.39 is 35.4 Å². The molecule has 2 aromatic rings. The average Bonchev–Trinajstić information content (AvgIpc) is 2.34. The van der Waals surface area contributed by atoms with Crippen molar-refractivity contribution in [1.29, 1.82) is 0 Å². The molecular formula is C12H8F5N3O. The smallest absolute Gasteiger partial charge is 0.406 e. The van der Waals surface area contributed by atoms with Crippen LogP contribution in [0.5, 0.6) is 5.75 Å². The highest BCUT2D eigenvalue weighted by molar-refractivity contribution is 5.60. The van der Waals surface area contributed by atoms with E-state index in [1.165, 1.54) is 12.1 Å². The molecule has 3 N–H and O–H groups in total. The van der Waals surface area contributed by atoms with Crippen molar-refractivity contribution < 1.29 is 26.7 Å². The number of nitrogens with two attached hydrogens (primary N) is 1. The van der Waals surface area contributed by atoms with Gasteiger partial charge in [0.15, 0.2) is 23.3 Å². The van der Waals surface area contributed by atoms with E-state index in [1.807, 2.05) is 0 Å². The normalized spacial score (nSPS) is 11.3. The summed E-state index contributed by atoms with van der Waals surface area (Å²) >= 11 is 0. The maximum absolute atomic E-state index is 13.5. The van der Waals surface area contributed by atoms with Crippen molar-refractivity contribution in [3.8, 4) is 5.75 Å². The minimum atomic E-state index is -4.84. The van der Waals surface area contributed by atoms with Gasteiger partial charge in [0.2, 0.25) is 0 Å². The van der Waals surface area contributed by atoms with Gasteiger partial charge < -0.3 is 15.8 Å². The molecule has 0 saturated carbocycles. The standard InChI is InChI=1S/C12H8F5N3O/c13-8-5-9(14)11(20-10(8)18)19-6-2-1-3-7(4-6)21-12(15,16)17/h1-5H,(H3,18,19,20). The Labute approximate surface area is 115 Å². The van der Waals surface area contributed by atoms with Crippen LogP contribution in [-0.2, 0) is 0 Å². The second-order valence-electron chi connectivity index (χ2n) is 3.89. The SMILES string of the molecule is Nc1nc(Nc2cccc(OC(F)(F)F)c2)c(F)cc1F. The Morgan fingerprint density at radius 2 is 1.81 bits per heavy atom. The zero-order valence-electron chi connectivity index (χ0n) is 10.2. The third kappa shape index (κ3) is 3.94. The summed E-state index contributed by atoms with van der Waals surface area (Å²) in [5.41, 5.74) is 5.25. The van der Waals surface area contributed by atoms with Gasteiger partial charge in [-0.25, -0.2) is 13.8 Å². The van der Waals surface area contributed by atoms with Crippen LogP contribution in [0.15, 0.2) is 30.3 Å². The van der Waals surface area contributed by atoms with E-state index >= 15 is 0 Å². The van der Waals surface area contributed by atoms with Gasteiger partial charge in [-0.2, -0.15) is 0 Å². The predicted octanol–water partition coefficient (Wildman–Crippen LogP) is 3.58. The van der Waals surface area contributed by atoms with Crippen LogP contribution in [0.4, 0.5) is 39.3 Å². The molecule has 1 heterocycles. The predicted molar refractivity (Wildman–Crippen MR) is 65.0 cm³/mol. The van der Waals surface area contributed by atoms with E-state index in [1.54, 1.807) is 0 Å². The highest BCUT2D eigenvalue weighted by Crippen LogP contribution is 2.27. The highest BCUT2D eigenvalue weighted by Gasteiger charge is 2.31. The van der Waals surface area contributed by atoms with Crippen molar-refractivity contribution in [2.24, 2.45) is 0 Å². The van der Waals surface area contributed by atoms with E-state index in [-0.39, 0.29) is 5.69 Å². The monoisotopic (exact) mass is 305 g/mol. The van der Waals surface area contributed by atoms with Crippen LogP contribution >= 0.6 is 0 Å². The van der Waals surface area contributed by atoms with Crippen molar-refractivity contribution in [1.82, 2.24) is 4.98 Å². The number of halogens is 5. The molecule has 1 aromatic heterocycles. The molecule has 0 fully saturated rings. The molecule has 0 atom stereocenters. The molecule has 0 bridgehead atoms. The highest BCUT2D eigenvalue weighted by atomic mass is 19.4. The first-order valence-electron chi connectivity index (χ1n) is 5.49. The fraction of sp³-hybridized carbons (Fsp3) is 0.0833. The van der Waals surface area contributed by atoms with Crippen molar-refractivity contribution in [3.63, 3.8) is 0 Å². The lowest BCUT2D eigenvalue weighted by molar-refractivity contribution is -0.274. The van der Waals surface area contributed by atoms with E-state index in [9.17, 15) is 22.0 Å². The second-order valence-corrected chi connectivity index (χ2v) is 3.89. The van der Waals surface area contributed by atoms with Crippen molar-refractivity contribution >= 4 is 17.3 Å². The molecule has 0 spiro atoms. The molecule has 0 aliphatic rings. The maximum atomic E-state index is 13.5. The van der Waals surface area contributed by atoms with Gasteiger partial charge in [-0.05, 0) is 12.1 Å². The average molecular weight is 305 g/mol. The van der Waals surface area contributed by atoms with Gasteiger partial charge in [0.25, 0.3) is 0 Å². The van der Waals surface area contributed by atoms with Crippen LogP contribution in [0.25, 0.3) is 0 Å². The summed E-state index contributed by atoms with van der Waals surface area (Å²) < 4.78 is 66.4. The quantitative estimate of drug-likeness (QED) is 0.851. The molecule has 1 aromatic carbocycles. The van der Waals surface area contributed by atoms with Crippen LogP contribution < -0.4 is 15.8 Å². The summed E-state index contributed by atoms with van der Waals surface area (Å²) in [5.74, 6) is -3.53. The molecule has 112 valence electrons. The number of nitrogens with zero attached hydrogens (tertiary/aromatic N) is 1. The van der Waals surface area contributed by atoms with E-state index in [0.29, 0.717) is 6.07 Å².